The summed E-state index contributed by atoms with van der Waals surface area (Å²) >= 11 is 0. The van der Waals surface area contributed by atoms with E-state index in [1.54, 1.807) is 6.20 Å². The lowest BCUT2D eigenvalue weighted by atomic mass is 9.91. The molecule has 1 N–H and O–H groups in total. The highest BCUT2D eigenvalue weighted by molar-refractivity contribution is 5.21. The zero-order valence-electron chi connectivity index (χ0n) is 12.4. The molecule has 1 aliphatic heterocycles. The molecule has 1 aromatic heterocycles. The minimum Gasteiger partial charge on any atom is -0.393 e. The van der Waals surface area contributed by atoms with Gasteiger partial charge in [0.25, 0.3) is 0 Å². The monoisotopic (exact) mass is 282 g/mol. The van der Waals surface area contributed by atoms with Gasteiger partial charge >= 0.3 is 0 Å². The molecule has 0 amide bonds. The highest BCUT2D eigenvalue weighted by atomic mass is 16.3. The second kappa shape index (κ2) is 6.37. The number of pyridine rings is 1. The van der Waals surface area contributed by atoms with Gasteiger partial charge in [0, 0.05) is 31.0 Å². The fourth-order valence-corrected chi connectivity index (χ4v) is 3.25. The van der Waals surface area contributed by atoms with Crippen LogP contribution >= 0.6 is 0 Å². The zero-order chi connectivity index (χ0) is 14.7. The van der Waals surface area contributed by atoms with Crippen molar-refractivity contribution in [1.29, 1.82) is 0 Å². The van der Waals surface area contributed by atoms with E-state index in [1.807, 2.05) is 12.3 Å². The molecule has 3 heteroatoms. The number of aliphatic hydroxyl groups is 1. The van der Waals surface area contributed by atoms with Crippen LogP contribution in [0.1, 0.15) is 43.0 Å². The Labute approximate surface area is 126 Å². The molecule has 1 fully saturated rings. The topological polar surface area (TPSA) is 36.4 Å². The van der Waals surface area contributed by atoms with Gasteiger partial charge in [-0.1, -0.05) is 36.4 Å². The van der Waals surface area contributed by atoms with Crippen molar-refractivity contribution >= 4 is 0 Å². The summed E-state index contributed by atoms with van der Waals surface area (Å²) in [5.41, 5.74) is 2.52. The lowest BCUT2D eigenvalue weighted by Gasteiger charge is -2.42. The fourth-order valence-electron chi connectivity index (χ4n) is 3.25. The Hall–Kier alpha value is -1.71. The maximum Gasteiger partial charge on any atom is 0.0570 e. The highest BCUT2D eigenvalue weighted by Gasteiger charge is 2.32. The number of hydrogen-bond acceptors (Lipinski definition) is 3. The summed E-state index contributed by atoms with van der Waals surface area (Å²) in [7, 11) is 0. The van der Waals surface area contributed by atoms with Gasteiger partial charge in [-0.25, -0.2) is 0 Å². The maximum absolute atomic E-state index is 10.1. The Bertz CT molecular complexity index is 558. The summed E-state index contributed by atoms with van der Waals surface area (Å²) in [5, 5.41) is 10.1. The summed E-state index contributed by atoms with van der Waals surface area (Å²) in [6, 6.07) is 15.2. The molecule has 3 atom stereocenters. The van der Waals surface area contributed by atoms with Crippen LogP contribution < -0.4 is 0 Å². The van der Waals surface area contributed by atoms with Gasteiger partial charge < -0.3 is 5.11 Å². The third kappa shape index (κ3) is 3.14. The molecule has 110 valence electrons. The van der Waals surface area contributed by atoms with Crippen LogP contribution in [0.25, 0.3) is 0 Å². The summed E-state index contributed by atoms with van der Waals surface area (Å²) in [6.07, 6.45) is 5.13. The molecule has 1 saturated heterocycles. The molecule has 0 bridgehead atoms. The fraction of sp³-hybridized carbons (Fsp3) is 0.389. The second-order valence-electron chi connectivity index (χ2n) is 5.80. The van der Waals surface area contributed by atoms with E-state index >= 15 is 0 Å². The van der Waals surface area contributed by atoms with Gasteiger partial charge in [-0.15, -0.1) is 0 Å². The Morgan fingerprint density at radius 1 is 1.19 bits per heavy atom. The van der Waals surface area contributed by atoms with Crippen LogP contribution in [0.2, 0.25) is 0 Å². The third-order valence-electron chi connectivity index (χ3n) is 4.46. The Balaban J connectivity index is 1.88. The molecule has 2 heterocycles. The van der Waals surface area contributed by atoms with Crippen molar-refractivity contribution in [3.05, 3.63) is 66.0 Å². The number of rotatable bonds is 3. The number of likely N-dealkylation sites (tertiary alicyclic amines) is 1. The summed E-state index contributed by atoms with van der Waals surface area (Å²) in [5.74, 6) is 0. The van der Waals surface area contributed by atoms with Gasteiger partial charge in [0.05, 0.1) is 6.10 Å². The van der Waals surface area contributed by atoms with Crippen molar-refractivity contribution < 1.29 is 5.11 Å². The SMILES string of the molecule is CC(c1ccccc1)N1CCC(O)CC1c1cccnc1. The van der Waals surface area contributed by atoms with Crippen LogP contribution in [-0.4, -0.2) is 27.6 Å². The van der Waals surface area contributed by atoms with E-state index in [1.165, 1.54) is 11.1 Å². The summed E-state index contributed by atoms with van der Waals surface area (Å²) < 4.78 is 0. The van der Waals surface area contributed by atoms with Crippen molar-refractivity contribution in [1.82, 2.24) is 9.88 Å². The minimum absolute atomic E-state index is 0.213. The maximum atomic E-state index is 10.1. The first-order valence-corrected chi connectivity index (χ1v) is 7.64. The van der Waals surface area contributed by atoms with Crippen LogP contribution in [0.3, 0.4) is 0 Å². The minimum atomic E-state index is -0.213. The van der Waals surface area contributed by atoms with Crippen LogP contribution in [0.4, 0.5) is 0 Å². The van der Waals surface area contributed by atoms with Crippen LogP contribution in [0.5, 0.6) is 0 Å². The number of hydrogen-bond donors (Lipinski definition) is 1. The first kappa shape index (κ1) is 14.2. The lowest BCUT2D eigenvalue weighted by Crippen LogP contribution is -2.40. The first-order chi connectivity index (χ1) is 10.3. The molecule has 2 aromatic rings. The largest absolute Gasteiger partial charge is 0.393 e. The van der Waals surface area contributed by atoms with Crippen molar-refractivity contribution in [2.75, 3.05) is 6.54 Å². The highest BCUT2D eigenvalue weighted by Crippen LogP contribution is 2.37. The Morgan fingerprint density at radius 2 is 2.00 bits per heavy atom. The molecule has 3 rings (SSSR count). The molecule has 0 aliphatic carbocycles. The summed E-state index contributed by atoms with van der Waals surface area (Å²) in [4.78, 5) is 6.73. The molecule has 3 nitrogen and oxygen atoms in total. The molecule has 1 aromatic carbocycles. The predicted molar refractivity (Wildman–Crippen MR) is 83.8 cm³/mol. The molecular weight excluding hydrogens is 260 g/mol. The van der Waals surface area contributed by atoms with E-state index in [9.17, 15) is 5.11 Å². The normalized spacial score (nSPS) is 24.7. The van der Waals surface area contributed by atoms with Crippen molar-refractivity contribution in [2.45, 2.75) is 38.0 Å². The molecule has 1 aliphatic rings. The zero-order valence-corrected chi connectivity index (χ0v) is 12.4. The number of aromatic nitrogens is 1. The third-order valence-corrected chi connectivity index (χ3v) is 4.46. The average Bonchev–Trinajstić information content (AvgIpc) is 2.56. The number of benzene rings is 1. The van der Waals surface area contributed by atoms with Crippen molar-refractivity contribution in [3.8, 4) is 0 Å². The van der Waals surface area contributed by atoms with E-state index in [4.69, 9.17) is 0 Å². The van der Waals surface area contributed by atoms with Crippen LogP contribution in [0, 0.1) is 0 Å². The first-order valence-electron chi connectivity index (χ1n) is 7.64. The summed E-state index contributed by atoms with van der Waals surface area (Å²) in [6.45, 7) is 3.16. The van der Waals surface area contributed by atoms with E-state index in [2.05, 4.69) is 53.2 Å². The van der Waals surface area contributed by atoms with Gasteiger partial charge in [-0.2, -0.15) is 0 Å². The van der Waals surface area contributed by atoms with E-state index in [0.29, 0.717) is 6.04 Å². The smallest absolute Gasteiger partial charge is 0.0570 e. The van der Waals surface area contributed by atoms with Gasteiger partial charge in [-0.3, -0.25) is 9.88 Å². The van der Waals surface area contributed by atoms with Gasteiger partial charge in [-0.05, 0) is 37.0 Å². The second-order valence-corrected chi connectivity index (χ2v) is 5.80. The number of piperidine rings is 1. The van der Waals surface area contributed by atoms with Gasteiger partial charge in [0.1, 0.15) is 0 Å². The van der Waals surface area contributed by atoms with Crippen LogP contribution in [0.15, 0.2) is 54.9 Å². The van der Waals surface area contributed by atoms with Gasteiger partial charge in [0.15, 0.2) is 0 Å². The molecule has 21 heavy (non-hydrogen) atoms. The van der Waals surface area contributed by atoms with Crippen molar-refractivity contribution in [2.24, 2.45) is 0 Å². The predicted octanol–water partition coefficient (Wildman–Crippen LogP) is 3.34. The van der Waals surface area contributed by atoms with E-state index in [0.717, 1.165) is 19.4 Å². The molecule has 3 unspecified atom stereocenters. The Kier molecular flexibility index (Phi) is 4.32. The number of nitrogens with zero attached hydrogens (tertiary/aromatic N) is 2. The Morgan fingerprint density at radius 3 is 2.71 bits per heavy atom. The lowest BCUT2D eigenvalue weighted by molar-refractivity contribution is 0.0194. The molecule has 0 radical (unpaired) electrons. The van der Waals surface area contributed by atoms with Crippen LogP contribution in [-0.2, 0) is 0 Å². The molecule has 0 spiro atoms. The van der Waals surface area contributed by atoms with Crippen molar-refractivity contribution in [3.63, 3.8) is 0 Å². The van der Waals surface area contributed by atoms with E-state index in [-0.39, 0.29) is 12.1 Å². The molecule has 0 saturated carbocycles. The van der Waals surface area contributed by atoms with Gasteiger partial charge in [0.2, 0.25) is 0 Å². The molecular formula is C18H22N2O. The number of aliphatic hydroxyl groups excluding tert-OH is 1. The average molecular weight is 282 g/mol. The quantitative estimate of drug-likeness (QED) is 0.938. The standard InChI is InChI=1S/C18H22N2O/c1-14(15-6-3-2-4-7-15)20-11-9-17(21)12-18(20)16-8-5-10-19-13-16/h2-8,10,13-14,17-18,21H,9,11-12H2,1H3. The van der Waals surface area contributed by atoms with E-state index < -0.39 is 0 Å².